The van der Waals surface area contributed by atoms with Crippen LogP contribution in [0.3, 0.4) is 0 Å². The number of Topliss-reactive ketones (excluding diaryl/α,β-unsaturated/α-hetero) is 1. The van der Waals surface area contributed by atoms with Gasteiger partial charge in [0.2, 0.25) is 0 Å². The van der Waals surface area contributed by atoms with E-state index in [4.69, 9.17) is 13.6 Å². The summed E-state index contributed by atoms with van der Waals surface area (Å²) in [5.74, 6) is 1.42. The van der Waals surface area contributed by atoms with Gasteiger partial charge in [-0.15, -0.1) is 0 Å². The Balaban J connectivity index is 1.90. The summed E-state index contributed by atoms with van der Waals surface area (Å²) in [4.78, 5) is 12.8. The van der Waals surface area contributed by atoms with Crippen molar-refractivity contribution in [1.29, 1.82) is 0 Å². The number of methoxy groups -OCH3 is 1. The fraction of sp³-hybridized carbons (Fsp3) is 0.903. The van der Waals surface area contributed by atoms with Gasteiger partial charge in [-0.3, -0.25) is 4.79 Å². The Bertz CT molecular complexity index is 816. The highest BCUT2D eigenvalue weighted by Gasteiger charge is 2.62. The van der Waals surface area contributed by atoms with Crippen LogP contribution in [0.25, 0.3) is 0 Å². The van der Waals surface area contributed by atoms with E-state index in [1.165, 1.54) is 32.1 Å². The minimum Gasteiger partial charge on any atom is -0.413 e. The van der Waals surface area contributed by atoms with Crippen LogP contribution in [0.5, 0.6) is 0 Å². The Kier molecular flexibility index (Phi) is 9.55. The largest absolute Gasteiger partial charge is 0.413 e. The summed E-state index contributed by atoms with van der Waals surface area (Å²) in [6, 6.07) is 0. The van der Waals surface area contributed by atoms with Crippen LogP contribution >= 0.6 is 0 Å². The molecule has 214 valence electrons. The van der Waals surface area contributed by atoms with E-state index in [0.717, 1.165) is 25.2 Å². The number of ketones is 1. The summed E-state index contributed by atoms with van der Waals surface area (Å²) in [5, 5.41) is 0.331. The van der Waals surface area contributed by atoms with Gasteiger partial charge in [0.25, 0.3) is 0 Å². The van der Waals surface area contributed by atoms with E-state index < -0.39 is 22.2 Å². The summed E-state index contributed by atoms with van der Waals surface area (Å²) in [6.07, 6.45) is 15.2. The molecule has 0 spiro atoms. The molecule has 0 heterocycles. The van der Waals surface area contributed by atoms with Crippen molar-refractivity contribution < 1.29 is 18.4 Å². The van der Waals surface area contributed by atoms with Gasteiger partial charge in [0, 0.05) is 25.4 Å². The minimum absolute atomic E-state index is 0.132. The minimum atomic E-state index is -1.95. The molecular weight excluding hydrogens is 493 g/mol. The van der Waals surface area contributed by atoms with Gasteiger partial charge in [-0.05, 0) is 61.4 Å². The first-order valence-corrected chi connectivity index (χ1v) is 20.9. The first-order valence-electron chi connectivity index (χ1n) is 15.1. The molecule has 5 atom stereocenters. The van der Waals surface area contributed by atoms with Crippen LogP contribution in [0, 0.1) is 17.8 Å². The molecule has 0 saturated heterocycles. The van der Waals surface area contributed by atoms with Gasteiger partial charge < -0.3 is 13.6 Å². The lowest BCUT2D eigenvalue weighted by atomic mass is 9.55. The zero-order chi connectivity index (χ0) is 27.9. The first kappa shape index (κ1) is 31.3. The first-order chi connectivity index (χ1) is 16.9. The van der Waals surface area contributed by atoms with E-state index in [1.807, 2.05) is 0 Å². The highest BCUT2D eigenvalue weighted by atomic mass is 28.4. The highest BCUT2D eigenvalue weighted by Crippen LogP contribution is 2.53. The van der Waals surface area contributed by atoms with Crippen molar-refractivity contribution in [3.63, 3.8) is 0 Å². The number of rotatable bonds is 9. The number of hydrogen-bond acceptors (Lipinski definition) is 4. The third-order valence-electron chi connectivity index (χ3n) is 10.9. The van der Waals surface area contributed by atoms with Crippen molar-refractivity contribution in [2.45, 2.75) is 153 Å². The van der Waals surface area contributed by atoms with Gasteiger partial charge in [0.15, 0.2) is 22.4 Å². The van der Waals surface area contributed by atoms with Gasteiger partial charge in [-0.2, -0.15) is 0 Å². The maximum atomic E-state index is 12.8. The van der Waals surface area contributed by atoms with Gasteiger partial charge in [-0.25, -0.2) is 0 Å². The van der Waals surface area contributed by atoms with E-state index in [0.29, 0.717) is 6.42 Å². The number of carbonyl (C=O) groups is 1. The fourth-order valence-corrected chi connectivity index (χ4v) is 8.91. The van der Waals surface area contributed by atoms with Gasteiger partial charge in [-0.1, -0.05) is 85.8 Å². The molecule has 6 heteroatoms. The molecule has 0 aromatic heterocycles. The van der Waals surface area contributed by atoms with Crippen LogP contribution in [-0.4, -0.2) is 47.3 Å². The molecule has 37 heavy (non-hydrogen) atoms. The average Bonchev–Trinajstić information content (AvgIpc) is 2.77. The topological polar surface area (TPSA) is 44.8 Å². The maximum absolute atomic E-state index is 12.8. The summed E-state index contributed by atoms with van der Waals surface area (Å²) in [6.45, 7) is 23.4. The van der Waals surface area contributed by atoms with Crippen LogP contribution in [-0.2, 0) is 18.4 Å². The molecular formula is C31H58O4Si2. The lowest BCUT2D eigenvalue weighted by molar-refractivity contribution is -0.190. The monoisotopic (exact) mass is 550 g/mol. The predicted molar refractivity (Wildman–Crippen MR) is 160 cm³/mol. The van der Waals surface area contributed by atoms with E-state index in [1.54, 1.807) is 7.11 Å². The maximum Gasteiger partial charge on any atom is 0.192 e. The van der Waals surface area contributed by atoms with Crippen molar-refractivity contribution >= 4 is 22.4 Å². The third kappa shape index (κ3) is 6.73. The quantitative estimate of drug-likeness (QED) is 0.213. The van der Waals surface area contributed by atoms with Gasteiger partial charge in [0.1, 0.15) is 5.60 Å². The summed E-state index contributed by atoms with van der Waals surface area (Å²) in [7, 11) is -2.15. The van der Waals surface area contributed by atoms with Crippen molar-refractivity contribution in [3.8, 4) is 0 Å². The second kappa shape index (κ2) is 11.3. The molecule has 0 N–H and O–H groups in total. The molecule has 0 aromatic carbocycles. The lowest BCUT2D eigenvalue weighted by Gasteiger charge is -2.56. The second-order valence-electron chi connectivity index (χ2n) is 15.4. The molecule has 0 aliphatic heterocycles. The zero-order valence-electron chi connectivity index (χ0n) is 26.0. The summed E-state index contributed by atoms with van der Waals surface area (Å²) < 4.78 is 20.1. The van der Waals surface area contributed by atoms with E-state index in [9.17, 15) is 4.79 Å². The number of carbonyl (C=O) groups excluding carboxylic acids is 1. The van der Waals surface area contributed by atoms with Crippen molar-refractivity contribution in [2.24, 2.45) is 17.8 Å². The Morgan fingerprint density at radius 1 is 0.946 bits per heavy atom. The van der Waals surface area contributed by atoms with E-state index in [2.05, 4.69) is 79.9 Å². The molecule has 0 amide bonds. The van der Waals surface area contributed by atoms with Gasteiger partial charge >= 0.3 is 0 Å². The molecule has 0 bridgehead atoms. The second-order valence-corrected chi connectivity index (χ2v) is 24.9. The average molecular weight is 551 g/mol. The zero-order valence-corrected chi connectivity index (χ0v) is 28.0. The Morgan fingerprint density at radius 3 is 2.05 bits per heavy atom. The van der Waals surface area contributed by atoms with Crippen molar-refractivity contribution in [3.05, 3.63) is 12.2 Å². The fourth-order valence-electron chi connectivity index (χ4n) is 6.24. The standard InChI is InChI=1S/C31H58O4Si2/c1-29(2,3)36(8,9)34-24(21-23-15-13-12-14-16-23)17-18-25-26-22-28(32)31(26,33-7)20-19-27(25)35-37(10,11)30(4,5)6/h17-18,23-27H,12-16,19-22H2,1-11H3/t24-,25+,26+,27+,31+/m1/s1. The summed E-state index contributed by atoms with van der Waals surface area (Å²) >= 11 is 0. The summed E-state index contributed by atoms with van der Waals surface area (Å²) in [5.41, 5.74) is -0.610. The Hall–Kier alpha value is -0.276. The van der Waals surface area contributed by atoms with Crippen LogP contribution in [0.4, 0.5) is 0 Å². The van der Waals surface area contributed by atoms with Crippen LogP contribution in [0.15, 0.2) is 12.2 Å². The number of ether oxygens (including phenoxy) is 1. The molecule has 0 aromatic rings. The van der Waals surface area contributed by atoms with E-state index in [-0.39, 0.29) is 39.9 Å². The van der Waals surface area contributed by atoms with Crippen molar-refractivity contribution in [2.75, 3.05) is 7.11 Å². The molecule has 3 saturated carbocycles. The highest BCUT2D eigenvalue weighted by molar-refractivity contribution is 6.74. The number of fused-ring (bicyclic) bond motifs is 1. The van der Waals surface area contributed by atoms with E-state index >= 15 is 0 Å². The molecule has 3 aliphatic rings. The molecule has 3 fully saturated rings. The molecule has 3 rings (SSSR count). The normalized spacial score (nSPS) is 31.3. The van der Waals surface area contributed by atoms with Crippen LogP contribution < -0.4 is 0 Å². The number of hydrogen-bond donors (Lipinski definition) is 0. The SMILES string of the molecule is CO[C@@]12CC[C@H](O[Si](C)(C)C(C)(C)C)[C@@H](C=C[C@H](CC3CCCCC3)O[Si](C)(C)C(C)(C)C)[C@@H]1CC2=O. The van der Waals surface area contributed by atoms with Crippen LogP contribution in [0.2, 0.25) is 36.3 Å². The van der Waals surface area contributed by atoms with Crippen LogP contribution in [0.1, 0.15) is 99.3 Å². The van der Waals surface area contributed by atoms with Crippen molar-refractivity contribution in [1.82, 2.24) is 0 Å². The third-order valence-corrected chi connectivity index (χ3v) is 19.9. The smallest absolute Gasteiger partial charge is 0.192 e. The van der Waals surface area contributed by atoms with Gasteiger partial charge in [0.05, 0.1) is 12.2 Å². The Morgan fingerprint density at radius 2 is 1.54 bits per heavy atom. The Labute approximate surface area is 230 Å². The molecule has 0 radical (unpaired) electrons. The predicted octanol–water partition coefficient (Wildman–Crippen LogP) is 8.68. The molecule has 0 unspecified atom stereocenters. The molecule has 3 aliphatic carbocycles. The lowest BCUT2D eigenvalue weighted by Crippen LogP contribution is -2.65. The molecule has 4 nitrogen and oxygen atoms in total.